The number of rotatable bonds is 3. The number of anilines is 1. The SMILES string of the molecule is Cn1ncc(C(=O)NC2CCC(N=c3cccc4n3CC(C(F)(F)F)N4)CC2)c1C(F)(F)F. The molecule has 2 aliphatic rings. The lowest BCUT2D eigenvalue weighted by Gasteiger charge is -2.27. The molecule has 1 fully saturated rings. The zero-order valence-electron chi connectivity index (χ0n) is 17.5. The van der Waals surface area contributed by atoms with Gasteiger partial charge in [0.1, 0.15) is 17.3 Å². The minimum atomic E-state index is -4.71. The van der Waals surface area contributed by atoms with Crippen molar-refractivity contribution in [2.45, 2.75) is 62.7 Å². The summed E-state index contributed by atoms with van der Waals surface area (Å²) in [6.07, 6.45) is -6.11. The van der Waals surface area contributed by atoms with Crippen LogP contribution >= 0.6 is 0 Å². The molecule has 1 aliphatic carbocycles. The number of hydrogen-bond acceptors (Lipinski definition) is 4. The van der Waals surface area contributed by atoms with Crippen LogP contribution in [0.1, 0.15) is 41.7 Å². The van der Waals surface area contributed by atoms with Crippen LogP contribution in [0, 0.1) is 0 Å². The van der Waals surface area contributed by atoms with Gasteiger partial charge in [-0.2, -0.15) is 31.4 Å². The number of pyridine rings is 1. The number of aryl methyl sites for hydroxylation is 1. The fraction of sp³-hybridized carbons (Fsp3) is 0.550. The Bertz CT molecular complexity index is 1090. The lowest BCUT2D eigenvalue weighted by Crippen LogP contribution is -2.39. The molecule has 180 valence electrons. The maximum atomic E-state index is 13.2. The van der Waals surface area contributed by atoms with Crippen LogP contribution in [0.25, 0.3) is 0 Å². The van der Waals surface area contributed by atoms with Crippen molar-refractivity contribution in [3.05, 3.63) is 41.1 Å². The van der Waals surface area contributed by atoms with E-state index in [1.807, 2.05) is 0 Å². The van der Waals surface area contributed by atoms with Crippen molar-refractivity contribution in [1.29, 1.82) is 0 Å². The Morgan fingerprint density at radius 2 is 1.85 bits per heavy atom. The van der Waals surface area contributed by atoms with Crippen molar-refractivity contribution in [3.8, 4) is 0 Å². The summed E-state index contributed by atoms with van der Waals surface area (Å²) in [6, 6.07) is 2.69. The summed E-state index contributed by atoms with van der Waals surface area (Å²) in [7, 11) is 1.12. The molecule has 13 heteroatoms. The second-order valence-electron chi connectivity index (χ2n) is 8.25. The maximum absolute atomic E-state index is 13.2. The van der Waals surface area contributed by atoms with Gasteiger partial charge in [0.15, 0.2) is 5.69 Å². The van der Waals surface area contributed by atoms with Crippen molar-refractivity contribution in [2.75, 3.05) is 5.32 Å². The molecule has 4 rings (SSSR count). The van der Waals surface area contributed by atoms with E-state index in [-0.39, 0.29) is 18.6 Å². The van der Waals surface area contributed by atoms with Crippen LogP contribution in [0.3, 0.4) is 0 Å². The highest BCUT2D eigenvalue weighted by Gasteiger charge is 2.43. The summed E-state index contributed by atoms with van der Waals surface area (Å²) < 4.78 is 80.9. The van der Waals surface area contributed by atoms with Gasteiger partial charge in [-0.15, -0.1) is 0 Å². The van der Waals surface area contributed by atoms with Crippen LogP contribution < -0.4 is 16.1 Å². The number of nitrogens with one attached hydrogen (secondary N) is 2. The topological polar surface area (TPSA) is 76.2 Å². The van der Waals surface area contributed by atoms with Gasteiger partial charge in [0.2, 0.25) is 0 Å². The van der Waals surface area contributed by atoms with E-state index in [0.717, 1.165) is 13.2 Å². The average molecular weight is 476 g/mol. The van der Waals surface area contributed by atoms with Gasteiger partial charge in [0.25, 0.3) is 5.91 Å². The summed E-state index contributed by atoms with van der Waals surface area (Å²) in [5, 5.41) is 8.64. The Morgan fingerprint density at radius 3 is 2.48 bits per heavy atom. The first-order chi connectivity index (χ1) is 15.4. The van der Waals surface area contributed by atoms with Crippen LogP contribution in [0.5, 0.6) is 0 Å². The molecular weight excluding hydrogens is 454 g/mol. The third-order valence-corrected chi connectivity index (χ3v) is 5.95. The lowest BCUT2D eigenvalue weighted by molar-refractivity contribution is -0.144. The van der Waals surface area contributed by atoms with Crippen LogP contribution in [-0.2, 0) is 19.8 Å². The Hall–Kier alpha value is -2.99. The predicted octanol–water partition coefficient (Wildman–Crippen LogP) is 3.24. The number of halogens is 6. The van der Waals surface area contributed by atoms with E-state index in [4.69, 9.17) is 0 Å². The monoisotopic (exact) mass is 476 g/mol. The molecule has 0 spiro atoms. The number of alkyl halides is 6. The summed E-state index contributed by atoms with van der Waals surface area (Å²) in [5.41, 5.74) is -1.20. The van der Waals surface area contributed by atoms with Crippen molar-refractivity contribution in [3.63, 3.8) is 0 Å². The zero-order valence-corrected chi connectivity index (χ0v) is 17.5. The maximum Gasteiger partial charge on any atom is 0.433 e. The first-order valence-corrected chi connectivity index (χ1v) is 10.4. The van der Waals surface area contributed by atoms with E-state index in [9.17, 15) is 31.1 Å². The smallest absolute Gasteiger partial charge is 0.359 e. The van der Waals surface area contributed by atoms with Gasteiger partial charge in [0, 0.05) is 13.1 Å². The van der Waals surface area contributed by atoms with Gasteiger partial charge in [-0.25, -0.2) is 0 Å². The van der Waals surface area contributed by atoms with E-state index in [1.54, 1.807) is 18.2 Å². The largest absolute Gasteiger partial charge is 0.433 e. The zero-order chi connectivity index (χ0) is 24.0. The lowest BCUT2D eigenvalue weighted by atomic mass is 9.91. The van der Waals surface area contributed by atoms with Gasteiger partial charge in [-0.1, -0.05) is 6.07 Å². The Labute approximate surface area is 184 Å². The summed E-state index contributed by atoms with van der Waals surface area (Å²) in [6.45, 7) is -0.267. The Balaban J connectivity index is 1.40. The second kappa shape index (κ2) is 8.41. The fourth-order valence-electron chi connectivity index (χ4n) is 4.29. The molecule has 2 aromatic heterocycles. The number of carbonyl (C=O) groups is 1. The van der Waals surface area contributed by atoms with Crippen LogP contribution in [0.4, 0.5) is 32.2 Å². The van der Waals surface area contributed by atoms with E-state index in [1.165, 1.54) is 4.57 Å². The van der Waals surface area contributed by atoms with Crippen LogP contribution in [0.2, 0.25) is 0 Å². The van der Waals surface area contributed by atoms with Gasteiger partial charge < -0.3 is 15.2 Å². The molecule has 1 aliphatic heterocycles. The minimum absolute atomic E-state index is 0.161. The highest BCUT2D eigenvalue weighted by molar-refractivity contribution is 5.95. The molecule has 0 saturated heterocycles. The number of aromatic nitrogens is 3. The van der Waals surface area contributed by atoms with Crippen molar-refractivity contribution in [1.82, 2.24) is 19.7 Å². The second-order valence-corrected chi connectivity index (χ2v) is 8.25. The summed E-state index contributed by atoms with van der Waals surface area (Å²) in [4.78, 5) is 17.0. The van der Waals surface area contributed by atoms with Crippen LogP contribution in [-0.4, -0.2) is 44.6 Å². The molecule has 0 aromatic carbocycles. The molecule has 1 amide bonds. The summed E-state index contributed by atoms with van der Waals surface area (Å²) >= 11 is 0. The molecule has 3 heterocycles. The van der Waals surface area contributed by atoms with Gasteiger partial charge in [0.05, 0.1) is 24.3 Å². The first-order valence-electron chi connectivity index (χ1n) is 10.4. The van der Waals surface area contributed by atoms with Crippen molar-refractivity contribution in [2.24, 2.45) is 12.0 Å². The normalized spacial score (nSPS) is 23.8. The molecule has 1 atom stereocenters. The van der Waals surface area contributed by atoms with E-state index in [0.29, 0.717) is 41.7 Å². The molecule has 0 radical (unpaired) electrons. The highest BCUT2D eigenvalue weighted by Crippen LogP contribution is 2.32. The number of fused-ring (bicyclic) bond motifs is 1. The van der Waals surface area contributed by atoms with Gasteiger partial charge >= 0.3 is 12.4 Å². The quantitative estimate of drug-likeness (QED) is 0.668. The fourth-order valence-corrected chi connectivity index (χ4v) is 4.29. The molecule has 1 unspecified atom stereocenters. The number of carbonyl (C=O) groups excluding carboxylic acids is 1. The molecular formula is C20H22F6N6O. The molecule has 33 heavy (non-hydrogen) atoms. The molecule has 2 N–H and O–H groups in total. The predicted molar refractivity (Wildman–Crippen MR) is 105 cm³/mol. The van der Waals surface area contributed by atoms with E-state index >= 15 is 0 Å². The van der Waals surface area contributed by atoms with E-state index in [2.05, 4.69) is 20.7 Å². The van der Waals surface area contributed by atoms with E-state index < -0.39 is 35.6 Å². The highest BCUT2D eigenvalue weighted by atomic mass is 19.4. The average Bonchev–Trinajstić information content (AvgIpc) is 3.33. The first kappa shape index (κ1) is 23.2. The Morgan fingerprint density at radius 1 is 1.15 bits per heavy atom. The number of nitrogens with zero attached hydrogens (tertiary/aromatic N) is 4. The molecule has 2 aromatic rings. The van der Waals surface area contributed by atoms with Gasteiger partial charge in [-0.3, -0.25) is 14.5 Å². The Kier molecular flexibility index (Phi) is 5.91. The van der Waals surface area contributed by atoms with Crippen LogP contribution in [0.15, 0.2) is 29.4 Å². The van der Waals surface area contributed by atoms with Crippen molar-refractivity contribution < 1.29 is 31.1 Å². The summed E-state index contributed by atoms with van der Waals surface area (Å²) in [5.74, 6) is -0.493. The van der Waals surface area contributed by atoms with Crippen molar-refractivity contribution >= 4 is 11.7 Å². The third-order valence-electron chi connectivity index (χ3n) is 5.95. The minimum Gasteiger partial charge on any atom is -0.359 e. The molecule has 7 nitrogen and oxygen atoms in total. The number of hydrogen-bond donors (Lipinski definition) is 2. The standard InChI is InChI=1S/C20H22F6N6O/c1-31-17(20(24,25)26)13(9-27-31)18(33)29-12-7-5-11(6-8-12)28-15-3-2-4-16-30-14(10-32(15)16)19(21,22)23/h2-4,9,11-12,14,30H,5-8,10H2,1H3,(H,29,33). The molecule has 1 saturated carbocycles. The molecule has 0 bridgehead atoms. The number of amides is 1. The van der Waals surface area contributed by atoms with Gasteiger partial charge in [-0.05, 0) is 37.8 Å². The third kappa shape index (κ3) is 4.86.